The van der Waals surface area contributed by atoms with E-state index in [4.69, 9.17) is 0 Å². The van der Waals surface area contributed by atoms with Gasteiger partial charge in [0.15, 0.2) is 0 Å². The Hall–Kier alpha value is -0.140. The maximum absolute atomic E-state index is 12.4. The highest BCUT2D eigenvalue weighted by Gasteiger charge is 2.33. The second-order valence-corrected chi connectivity index (χ2v) is 5.24. The SMILES string of the molecule is CC1CCC(F)(F)CC1.CCC1CCC1. The van der Waals surface area contributed by atoms with Crippen LogP contribution in [-0.4, -0.2) is 5.92 Å². The van der Waals surface area contributed by atoms with Crippen molar-refractivity contribution in [2.45, 2.75) is 71.1 Å². The fourth-order valence-corrected chi connectivity index (χ4v) is 2.09. The van der Waals surface area contributed by atoms with Crippen LogP contribution in [0.15, 0.2) is 0 Å². The molecule has 2 rings (SSSR count). The molecule has 0 aliphatic heterocycles. The van der Waals surface area contributed by atoms with Crippen LogP contribution in [0, 0.1) is 11.8 Å². The Kier molecular flexibility index (Phi) is 5.01. The van der Waals surface area contributed by atoms with Crippen molar-refractivity contribution in [1.82, 2.24) is 0 Å². The van der Waals surface area contributed by atoms with Gasteiger partial charge in [0, 0.05) is 12.8 Å². The van der Waals surface area contributed by atoms with Crippen LogP contribution in [0.4, 0.5) is 8.78 Å². The number of alkyl halides is 2. The molecule has 0 spiro atoms. The third-order valence-corrected chi connectivity index (χ3v) is 3.81. The molecule has 0 saturated heterocycles. The van der Waals surface area contributed by atoms with E-state index >= 15 is 0 Å². The van der Waals surface area contributed by atoms with Gasteiger partial charge in [-0.05, 0) is 24.7 Å². The minimum absolute atomic E-state index is 0.105. The molecular weight excluding hydrogens is 194 g/mol. The van der Waals surface area contributed by atoms with Crippen LogP contribution in [0.3, 0.4) is 0 Å². The van der Waals surface area contributed by atoms with E-state index in [-0.39, 0.29) is 12.8 Å². The second kappa shape index (κ2) is 5.81. The smallest absolute Gasteiger partial charge is 0.207 e. The van der Waals surface area contributed by atoms with Crippen molar-refractivity contribution in [3.05, 3.63) is 0 Å². The Morgan fingerprint density at radius 1 is 1.07 bits per heavy atom. The van der Waals surface area contributed by atoms with Crippen molar-refractivity contribution in [3.8, 4) is 0 Å². The summed E-state index contributed by atoms with van der Waals surface area (Å²) in [6.45, 7) is 4.32. The predicted octanol–water partition coefficient (Wildman–Crippen LogP) is 5.03. The van der Waals surface area contributed by atoms with Crippen LogP contribution in [0.2, 0.25) is 0 Å². The number of rotatable bonds is 1. The molecule has 2 aliphatic carbocycles. The summed E-state index contributed by atoms with van der Waals surface area (Å²) in [5.74, 6) is -0.707. The van der Waals surface area contributed by atoms with Crippen molar-refractivity contribution < 1.29 is 8.78 Å². The monoisotopic (exact) mass is 218 g/mol. The first kappa shape index (κ1) is 12.9. The van der Waals surface area contributed by atoms with Crippen LogP contribution in [0.1, 0.15) is 65.2 Å². The van der Waals surface area contributed by atoms with Crippen molar-refractivity contribution in [2.24, 2.45) is 11.8 Å². The first-order valence-electron chi connectivity index (χ1n) is 6.41. The highest BCUT2D eigenvalue weighted by molar-refractivity contribution is 4.74. The lowest BCUT2D eigenvalue weighted by Crippen LogP contribution is -2.23. The molecule has 2 saturated carbocycles. The highest BCUT2D eigenvalue weighted by atomic mass is 19.3. The van der Waals surface area contributed by atoms with E-state index in [2.05, 4.69) is 6.92 Å². The van der Waals surface area contributed by atoms with Gasteiger partial charge < -0.3 is 0 Å². The minimum atomic E-state index is -2.34. The van der Waals surface area contributed by atoms with Crippen molar-refractivity contribution >= 4 is 0 Å². The van der Waals surface area contributed by atoms with Gasteiger partial charge in [0.05, 0.1) is 0 Å². The molecule has 0 radical (unpaired) electrons. The first-order chi connectivity index (χ1) is 7.03. The van der Waals surface area contributed by atoms with Gasteiger partial charge in [-0.1, -0.05) is 39.5 Å². The summed E-state index contributed by atoms with van der Waals surface area (Å²) < 4.78 is 24.8. The fourth-order valence-electron chi connectivity index (χ4n) is 2.09. The first-order valence-corrected chi connectivity index (χ1v) is 6.41. The number of hydrogen-bond acceptors (Lipinski definition) is 0. The zero-order valence-corrected chi connectivity index (χ0v) is 10.1. The van der Waals surface area contributed by atoms with Gasteiger partial charge in [-0.2, -0.15) is 0 Å². The topological polar surface area (TPSA) is 0 Å². The number of halogens is 2. The Bertz CT molecular complexity index is 161. The molecule has 0 aromatic rings. The standard InChI is InChI=1S/C7H12F2.C6H12/c1-6-2-4-7(8,9)5-3-6;1-2-6-4-3-5-6/h6H,2-5H2,1H3;6H,2-5H2,1H3. The molecule has 2 aliphatic rings. The van der Waals surface area contributed by atoms with E-state index in [1.165, 1.54) is 25.7 Å². The maximum Gasteiger partial charge on any atom is 0.248 e. The quantitative estimate of drug-likeness (QED) is 0.579. The average Bonchev–Trinajstić information content (AvgIpc) is 2.10. The van der Waals surface area contributed by atoms with Crippen molar-refractivity contribution in [1.29, 1.82) is 0 Å². The number of hydrogen-bond donors (Lipinski definition) is 0. The molecule has 0 amide bonds. The van der Waals surface area contributed by atoms with Gasteiger partial charge in [-0.15, -0.1) is 0 Å². The highest BCUT2D eigenvalue weighted by Crippen LogP contribution is 2.35. The lowest BCUT2D eigenvalue weighted by Gasteiger charge is -2.25. The molecule has 2 heteroatoms. The molecule has 0 aromatic carbocycles. The summed E-state index contributed by atoms with van der Waals surface area (Å²) in [4.78, 5) is 0. The van der Waals surface area contributed by atoms with E-state index < -0.39 is 5.92 Å². The van der Waals surface area contributed by atoms with Gasteiger partial charge in [-0.25, -0.2) is 8.78 Å². The summed E-state index contributed by atoms with van der Waals surface area (Å²) in [7, 11) is 0. The summed E-state index contributed by atoms with van der Waals surface area (Å²) in [5, 5.41) is 0. The summed E-state index contributed by atoms with van der Waals surface area (Å²) in [6.07, 6.45) is 7.55. The zero-order valence-electron chi connectivity index (χ0n) is 10.1. The molecule has 0 heterocycles. The Labute approximate surface area is 92.4 Å². The normalized spacial score (nSPS) is 26.4. The van der Waals surface area contributed by atoms with E-state index in [0.717, 1.165) is 5.92 Å². The van der Waals surface area contributed by atoms with Crippen LogP contribution in [-0.2, 0) is 0 Å². The van der Waals surface area contributed by atoms with E-state index in [0.29, 0.717) is 18.8 Å². The fraction of sp³-hybridized carbons (Fsp3) is 1.00. The maximum atomic E-state index is 12.4. The Morgan fingerprint density at radius 3 is 1.80 bits per heavy atom. The molecule has 0 N–H and O–H groups in total. The Balaban J connectivity index is 0.000000162. The van der Waals surface area contributed by atoms with Gasteiger partial charge in [-0.3, -0.25) is 0 Å². The van der Waals surface area contributed by atoms with E-state index in [9.17, 15) is 8.78 Å². The largest absolute Gasteiger partial charge is 0.248 e. The third-order valence-electron chi connectivity index (χ3n) is 3.81. The molecule has 15 heavy (non-hydrogen) atoms. The van der Waals surface area contributed by atoms with Crippen LogP contribution in [0.5, 0.6) is 0 Å². The van der Waals surface area contributed by atoms with Crippen molar-refractivity contribution in [2.75, 3.05) is 0 Å². The van der Waals surface area contributed by atoms with E-state index in [1.54, 1.807) is 0 Å². The zero-order chi connectivity index (χ0) is 11.3. The van der Waals surface area contributed by atoms with Crippen molar-refractivity contribution in [3.63, 3.8) is 0 Å². The van der Waals surface area contributed by atoms with Gasteiger partial charge in [0.25, 0.3) is 0 Å². The lowest BCUT2D eigenvalue weighted by molar-refractivity contribution is -0.0438. The predicted molar refractivity (Wildman–Crippen MR) is 60.2 cm³/mol. The molecule has 0 unspecified atom stereocenters. The third kappa shape index (κ3) is 4.94. The second-order valence-electron chi connectivity index (χ2n) is 5.24. The summed E-state index contributed by atoms with van der Waals surface area (Å²) >= 11 is 0. The van der Waals surface area contributed by atoms with Gasteiger partial charge >= 0.3 is 0 Å². The molecule has 0 aromatic heterocycles. The summed E-state index contributed by atoms with van der Waals surface area (Å²) in [6, 6.07) is 0. The molecule has 2 fully saturated rings. The average molecular weight is 218 g/mol. The van der Waals surface area contributed by atoms with Crippen LogP contribution >= 0.6 is 0 Å². The lowest BCUT2D eigenvalue weighted by atomic mass is 9.84. The van der Waals surface area contributed by atoms with E-state index in [1.807, 2.05) is 6.92 Å². The van der Waals surface area contributed by atoms with Gasteiger partial charge in [0.2, 0.25) is 5.92 Å². The van der Waals surface area contributed by atoms with Crippen LogP contribution in [0.25, 0.3) is 0 Å². The molecule has 0 bridgehead atoms. The van der Waals surface area contributed by atoms with Gasteiger partial charge in [0.1, 0.15) is 0 Å². The molecule has 0 nitrogen and oxygen atoms in total. The molecular formula is C13H24F2. The minimum Gasteiger partial charge on any atom is -0.207 e. The summed E-state index contributed by atoms with van der Waals surface area (Å²) in [5.41, 5.74) is 0. The molecule has 90 valence electrons. The van der Waals surface area contributed by atoms with Crippen LogP contribution < -0.4 is 0 Å². The Morgan fingerprint density at radius 2 is 1.60 bits per heavy atom. The molecule has 0 atom stereocenters.